The van der Waals surface area contributed by atoms with Crippen molar-refractivity contribution >= 4 is 22.5 Å². The van der Waals surface area contributed by atoms with Crippen molar-refractivity contribution in [1.29, 1.82) is 0 Å². The monoisotopic (exact) mass is 362 g/mol. The van der Waals surface area contributed by atoms with Crippen LogP contribution in [0, 0.1) is 0 Å². The van der Waals surface area contributed by atoms with Crippen LogP contribution in [0.1, 0.15) is 41.5 Å². The summed E-state index contributed by atoms with van der Waals surface area (Å²) in [6, 6.07) is 0. The van der Waals surface area contributed by atoms with Crippen LogP contribution >= 0.6 is 0 Å². The van der Waals surface area contributed by atoms with Gasteiger partial charge in [0, 0.05) is 0 Å². The van der Waals surface area contributed by atoms with Crippen molar-refractivity contribution in [2.45, 2.75) is 51.8 Å². The Morgan fingerprint density at radius 1 is 0.611 bits per heavy atom. The van der Waals surface area contributed by atoms with Gasteiger partial charge >= 0.3 is 128 Å². The maximum atomic E-state index is 2.64. The number of hydrogen-bond donors (Lipinski definition) is 0. The van der Waals surface area contributed by atoms with Crippen LogP contribution < -0.4 is 0 Å². The van der Waals surface area contributed by atoms with Crippen LogP contribution in [0.3, 0.4) is 0 Å². The van der Waals surface area contributed by atoms with E-state index < -0.39 is 0 Å². The van der Waals surface area contributed by atoms with Gasteiger partial charge in [-0.1, -0.05) is 0 Å². The zero-order valence-electron chi connectivity index (χ0n) is 13.3. The molecule has 0 aliphatic heterocycles. The fraction of sp³-hybridized carbons (Fsp3) is 1.00. The third-order valence-corrected chi connectivity index (χ3v) is 5.40. The van der Waals surface area contributed by atoms with Crippen LogP contribution in [0.4, 0.5) is 0 Å². The summed E-state index contributed by atoms with van der Waals surface area (Å²) < 4.78 is 1.24. The van der Waals surface area contributed by atoms with Crippen molar-refractivity contribution in [2.24, 2.45) is 0 Å². The first-order valence-corrected chi connectivity index (χ1v) is 9.54. The molecule has 0 saturated heterocycles. The Labute approximate surface area is 128 Å². The van der Waals surface area contributed by atoms with Gasteiger partial charge in [-0.05, 0) is 0 Å². The molecule has 0 aliphatic carbocycles. The number of nitrogens with zero attached hydrogens (tertiary/aromatic N) is 3. The van der Waals surface area contributed by atoms with E-state index in [1.807, 2.05) is 0 Å². The predicted molar refractivity (Wildman–Crippen MR) is 82.1 cm³/mol. The minimum atomic E-state index is 0.134. The molecule has 0 spiro atoms. The van der Waals surface area contributed by atoms with E-state index >= 15 is 0 Å². The third-order valence-electron chi connectivity index (χ3n) is 4.05. The van der Waals surface area contributed by atoms with E-state index in [-0.39, 0.29) is 5.79 Å². The summed E-state index contributed by atoms with van der Waals surface area (Å²) in [6.07, 6.45) is 0. The van der Waals surface area contributed by atoms with Crippen LogP contribution in [0.25, 0.3) is 0 Å². The predicted octanol–water partition coefficient (Wildman–Crippen LogP) is 2.25. The molecular weight excluding hydrogens is 329 g/mol. The molecule has 3 nitrogen and oxygen atoms in total. The van der Waals surface area contributed by atoms with Crippen LogP contribution in [-0.4, -0.2) is 82.3 Å². The minimum absolute atomic E-state index is 0.134. The first kappa shape index (κ1) is 18.7. The molecule has 0 aromatic rings. The molecule has 0 aromatic carbocycles. The fourth-order valence-electron chi connectivity index (χ4n) is 3.13. The molecule has 3 radical (unpaired) electrons. The third kappa shape index (κ3) is 3.61. The van der Waals surface area contributed by atoms with E-state index in [0.29, 0.717) is 0 Å². The van der Waals surface area contributed by atoms with Gasteiger partial charge in [0.25, 0.3) is 0 Å². The molecule has 0 amide bonds. The van der Waals surface area contributed by atoms with Gasteiger partial charge in [0.15, 0.2) is 0 Å². The van der Waals surface area contributed by atoms with E-state index in [1.54, 1.807) is 22.5 Å². The van der Waals surface area contributed by atoms with Crippen molar-refractivity contribution in [3.05, 3.63) is 0 Å². The van der Waals surface area contributed by atoms with Crippen molar-refractivity contribution in [3.63, 3.8) is 0 Å². The first-order valence-electron chi connectivity index (χ1n) is 7.52. The zero-order chi connectivity index (χ0) is 14.2. The summed E-state index contributed by atoms with van der Waals surface area (Å²) in [7, 11) is 0. The Hall–Kier alpha value is 0.679. The van der Waals surface area contributed by atoms with Crippen molar-refractivity contribution in [2.75, 3.05) is 39.3 Å². The molecule has 0 bridgehead atoms. The molecule has 0 heterocycles. The summed E-state index contributed by atoms with van der Waals surface area (Å²) in [6.45, 7) is 20.5. The van der Waals surface area contributed by atoms with E-state index in [9.17, 15) is 0 Å². The summed E-state index contributed by atoms with van der Waals surface area (Å²) >= 11 is 1.62. The summed E-state index contributed by atoms with van der Waals surface area (Å²) in [5, 5.41) is 0. The standard InChI is InChI=1S/C14H32N3.Sn/c1-8-15(9-2)14(7,16(10-3)11-4)17(12-5)13-6;/h7-13H2,1-6H3;. The molecule has 0 aliphatic rings. The van der Waals surface area contributed by atoms with Gasteiger partial charge in [0.05, 0.1) is 0 Å². The van der Waals surface area contributed by atoms with E-state index in [4.69, 9.17) is 0 Å². The number of hydrogen-bond acceptors (Lipinski definition) is 3. The average Bonchev–Trinajstić information content (AvgIpc) is 2.41. The normalized spacial score (nSPS) is 13.0. The molecule has 0 N–H and O–H groups in total. The van der Waals surface area contributed by atoms with Gasteiger partial charge in [-0.25, -0.2) is 0 Å². The van der Waals surface area contributed by atoms with Gasteiger partial charge in [-0.2, -0.15) is 0 Å². The molecule has 4 heteroatoms. The molecule has 18 heavy (non-hydrogen) atoms. The van der Waals surface area contributed by atoms with Gasteiger partial charge < -0.3 is 0 Å². The molecule has 0 fully saturated rings. The maximum absolute atomic E-state index is 2.64. The van der Waals surface area contributed by atoms with E-state index in [2.05, 4.69) is 56.2 Å². The van der Waals surface area contributed by atoms with Crippen molar-refractivity contribution in [1.82, 2.24) is 14.7 Å². The number of rotatable bonds is 10. The molecule has 0 unspecified atom stereocenters. The Morgan fingerprint density at radius 2 is 0.833 bits per heavy atom. The summed E-state index contributed by atoms with van der Waals surface area (Å²) in [4.78, 5) is 7.92. The second-order valence-corrected chi connectivity index (χ2v) is 5.48. The topological polar surface area (TPSA) is 9.72 Å². The Morgan fingerprint density at radius 3 is 0.944 bits per heavy atom. The first-order chi connectivity index (χ1) is 8.62. The zero-order valence-corrected chi connectivity index (χ0v) is 16.1. The second kappa shape index (κ2) is 9.56. The SMILES string of the molecule is CCN(CC)C([CH2][Sn])(N(CC)CC)N(CC)CC. The Bertz CT molecular complexity index is 168. The van der Waals surface area contributed by atoms with E-state index in [1.165, 1.54) is 4.44 Å². The van der Waals surface area contributed by atoms with E-state index in [0.717, 1.165) is 39.3 Å². The van der Waals surface area contributed by atoms with Crippen LogP contribution in [0.5, 0.6) is 0 Å². The van der Waals surface area contributed by atoms with Gasteiger partial charge in [-0.15, -0.1) is 0 Å². The van der Waals surface area contributed by atoms with Crippen molar-refractivity contribution < 1.29 is 0 Å². The van der Waals surface area contributed by atoms with Crippen LogP contribution in [0.2, 0.25) is 4.44 Å². The summed E-state index contributed by atoms with van der Waals surface area (Å²) in [5.74, 6) is 0.134. The molecule has 107 valence electrons. The van der Waals surface area contributed by atoms with Crippen LogP contribution in [0.15, 0.2) is 0 Å². The molecule has 0 aromatic heterocycles. The second-order valence-electron chi connectivity index (χ2n) is 4.47. The van der Waals surface area contributed by atoms with Crippen molar-refractivity contribution in [3.8, 4) is 0 Å². The van der Waals surface area contributed by atoms with Crippen LogP contribution in [-0.2, 0) is 0 Å². The molecular formula is C14H32N3Sn. The quantitative estimate of drug-likeness (QED) is 0.437. The Kier molecular flexibility index (Phi) is 9.92. The average molecular weight is 361 g/mol. The van der Waals surface area contributed by atoms with Gasteiger partial charge in [0.2, 0.25) is 0 Å². The molecule has 0 rings (SSSR count). The van der Waals surface area contributed by atoms with Gasteiger partial charge in [0.1, 0.15) is 0 Å². The molecule has 0 atom stereocenters. The molecule has 0 saturated carbocycles. The van der Waals surface area contributed by atoms with Gasteiger partial charge in [-0.3, -0.25) is 0 Å². The fourth-order valence-corrected chi connectivity index (χ4v) is 5.04. The summed E-state index contributed by atoms with van der Waals surface area (Å²) in [5.41, 5.74) is 0. The Balaban J connectivity index is 5.55.